The Kier molecular flexibility index (Phi) is 7.04. The largest absolute Gasteiger partial charge is 0.496 e. The lowest BCUT2D eigenvalue weighted by molar-refractivity contribution is -0.126. The Labute approximate surface area is 227 Å². The first kappa shape index (κ1) is 27.0. The molecule has 3 atom stereocenters. The summed E-state index contributed by atoms with van der Waals surface area (Å²) in [5, 5.41) is 16.0. The van der Waals surface area contributed by atoms with E-state index >= 15 is 0 Å². The quantitative estimate of drug-likeness (QED) is 0.517. The zero-order chi connectivity index (χ0) is 27.9. The number of carbonyl (C=O) groups excluding carboxylic acids is 3. The monoisotopic (exact) mass is 537 g/mol. The molecular weight excluding hydrogens is 501 g/mol. The molecule has 2 aromatic rings. The molecule has 1 spiro atoms. The Morgan fingerprint density at radius 2 is 2.00 bits per heavy atom. The van der Waals surface area contributed by atoms with Gasteiger partial charge in [0.1, 0.15) is 29.3 Å². The second-order valence-electron chi connectivity index (χ2n) is 12.1. The minimum Gasteiger partial charge on any atom is -0.496 e. The summed E-state index contributed by atoms with van der Waals surface area (Å²) in [5.41, 5.74) is -0.161. The SMILES string of the molecule is COc1ccc(F)c2[nH]c(C(=O)N3CC4(CCCCC4)CC3C(=O)NC(C#N)CC3CC(C)(C)NC3=O)cc12. The molecule has 3 heterocycles. The lowest BCUT2D eigenvalue weighted by Gasteiger charge is -2.32. The molecule has 1 saturated carbocycles. The third kappa shape index (κ3) is 5.19. The highest BCUT2D eigenvalue weighted by Gasteiger charge is 2.49. The first-order chi connectivity index (χ1) is 18.5. The number of aromatic nitrogens is 1. The number of amides is 3. The van der Waals surface area contributed by atoms with E-state index in [9.17, 15) is 24.0 Å². The maximum Gasteiger partial charge on any atom is 0.271 e. The van der Waals surface area contributed by atoms with Crippen LogP contribution in [0.5, 0.6) is 5.75 Å². The molecule has 1 aliphatic carbocycles. The molecule has 3 N–H and O–H groups in total. The van der Waals surface area contributed by atoms with Crippen LogP contribution in [0, 0.1) is 28.5 Å². The van der Waals surface area contributed by atoms with Crippen molar-refractivity contribution in [1.82, 2.24) is 20.5 Å². The molecule has 1 aromatic heterocycles. The van der Waals surface area contributed by atoms with E-state index in [0.29, 0.717) is 30.5 Å². The van der Waals surface area contributed by atoms with E-state index in [-0.39, 0.29) is 46.3 Å². The van der Waals surface area contributed by atoms with Crippen LogP contribution in [0.4, 0.5) is 4.39 Å². The molecule has 2 saturated heterocycles. The molecule has 3 aliphatic rings. The molecule has 3 unspecified atom stereocenters. The number of nitrogens with zero attached hydrogens (tertiary/aromatic N) is 2. The number of H-pyrrole nitrogens is 1. The van der Waals surface area contributed by atoms with Crippen molar-refractivity contribution < 1.29 is 23.5 Å². The third-order valence-electron chi connectivity index (χ3n) is 8.72. The van der Waals surface area contributed by atoms with Gasteiger partial charge in [-0.15, -0.1) is 0 Å². The highest BCUT2D eigenvalue weighted by atomic mass is 19.1. The number of likely N-dealkylation sites (tertiary alicyclic amines) is 1. The zero-order valence-electron chi connectivity index (χ0n) is 22.7. The Balaban J connectivity index is 1.39. The van der Waals surface area contributed by atoms with Crippen LogP contribution in [0.1, 0.15) is 75.7 Å². The van der Waals surface area contributed by atoms with Gasteiger partial charge in [-0.25, -0.2) is 4.39 Å². The summed E-state index contributed by atoms with van der Waals surface area (Å²) in [7, 11) is 1.48. The van der Waals surface area contributed by atoms with Crippen molar-refractivity contribution in [1.29, 1.82) is 5.26 Å². The summed E-state index contributed by atoms with van der Waals surface area (Å²) in [6.07, 6.45) is 6.37. The normalized spacial score (nSPS) is 24.4. The zero-order valence-corrected chi connectivity index (χ0v) is 22.7. The fourth-order valence-electron chi connectivity index (χ4n) is 6.86. The molecule has 2 aliphatic heterocycles. The van der Waals surface area contributed by atoms with Gasteiger partial charge in [0.05, 0.1) is 18.7 Å². The van der Waals surface area contributed by atoms with Gasteiger partial charge in [-0.1, -0.05) is 19.3 Å². The van der Waals surface area contributed by atoms with Crippen LogP contribution in [-0.4, -0.2) is 58.9 Å². The molecule has 9 nitrogen and oxygen atoms in total. The summed E-state index contributed by atoms with van der Waals surface area (Å²) in [6.45, 7) is 4.29. The average molecular weight is 538 g/mol. The second-order valence-corrected chi connectivity index (χ2v) is 12.1. The number of aromatic amines is 1. The van der Waals surface area contributed by atoms with Crippen LogP contribution in [-0.2, 0) is 9.59 Å². The number of nitrogens with one attached hydrogen (secondary N) is 3. The van der Waals surface area contributed by atoms with Crippen LogP contribution in [0.15, 0.2) is 18.2 Å². The van der Waals surface area contributed by atoms with E-state index < -0.39 is 23.8 Å². The van der Waals surface area contributed by atoms with Gasteiger partial charge in [0.15, 0.2) is 0 Å². The van der Waals surface area contributed by atoms with Crippen molar-refractivity contribution in [2.24, 2.45) is 11.3 Å². The van der Waals surface area contributed by atoms with E-state index in [1.54, 1.807) is 11.0 Å². The molecule has 39 heavy (non-hydrogen) atoms. The van der Waals surface area contributed by atoms with Crippen LogP contribution in [0.2, 0.25) is 0 Å². The molecule has 3 amide bonds. The van der Waals surface area contributed by atoms with E-state index in [1.807, 2.05) is 13.8 Å². The Morgan fingerprint density at radius 3 is 2.64 bits per heavy atom. The van der Waals surface area contributed by atoms with Crippen LogP contribution >= 0.6 is 0 Å². The van der Waals surface area contributed by atoms with Crippen molar-refractivity contribution >= 4 is 28.6 Å². The predicted octanol–water partition coefficient (Wildman–Crippen LogP) is 3.79. The van der Waals surface area contributed by atoms with E-state index in [4.69, 9.17) is 4.74 Å². The number of carbonyl (C=O) groups is 3. The standard InChI is InChI=1S/C29H36FN5O4/c1-28(2)13-17(25(36)34-28)11-18(15-31)32-26(37)22-14-29(9-5-4-6-10-29)16-35(22)27(38)21-12-19-23(39-3)8-7-20(30)24(19)33-21/h7-8,12,17-18,22,33H,4-6,9-11,13-14,16H2,1-3H3,(H,32,37)(H,34,36). The minimum absolute atomic E-state index is 0.116. The van der Waals surface area contributed by atoms with Gasteiger partial charge < -0.3 is 25.3 Å². The number of hydrogen-bond donors (Lipinski definition) is 3. The van der Waals surface area contributed by atoms with Crippen molar-refractivity contribution in [2.45, 2.75) is 82.8 Å². The molecule has 1 aromatic carbocycles. The Morgan fingerprint density at radius 1 is 1.26 bits per heavy atom. The van der Waals surface area contributed by atoms with Gasteiger partial charge in [0, 0.05) is 23.4 Å². The summed E-state index contributed by atoms with van der Waals surface area (Å²) in [5.74, 6) is -1.32. The van der Waals surface area contributed by atoms with Crippen LogP contribution in [0.25, 0.3) is 10.9 Å². The Hall–Kier alpha value is -3.61. The third-order valence-corrected chi connectivity index (χ3v) is 8.72. The topological polar surface area (TPSA) is 127 Å². The van der Waals surface area contributed by atoms with Gasteiger partial charge in [-0.3, -0.25) is 14.4 Å². The molecule has 0 radical (unpaired) electrons. The van der Waals surface area contributed by atoms with Crippen molar-refractivity contribution in [3.05, 3.63) is 29.7 Å². The average Bonchev–Trinajstić information content (AvgIpc) is 3.58. The van der Waals surface area contributed by atoms with E-state index in [2.05, 4.69) is 21.7 Å². The van der Waals surface area contributed by atoms with Crippen LogP contribution < -0.4 is 15.4 Å². The first-order valence-electron chi connectivity index (χ1n) is 13.7. The lowest BCUT2D eigenvalue weighted by atomic mass is 9.72. The first-order valence-corrected chi connectivity index (χ1v) is 13.7. The molecule has 208 valence electrons. The fourth-order valence-corrected chi connectivity index (χ4v) is 6.86. The number of halogens is 1. The van der Waals surface area contributed by atoms with Gasteiger partial charge in [-0.2, -0.15) is 5.26 Å². The van der Waals surface area contributed by atoms with Gasteiger partial charge >= 0.3 is 0 Å². The maximum absolute atomic E-state index is 14.5. The number of fused-ring (bicyclic) bond motifs is 1. The van der Waals surface area contributed by atoms with Crippen molar-refractivity contribution in [2.75, 3.05) is 13.7 Å². The smallest absolute Gasteiger partial charge is 0.271 e. The maximum atomic E-state index is 14.5. The van der Waals surface area contributed by atoms with Crippen LogP contribution in [0.3, 0.4) is 0 Å². The number of benzene rings is 1. The molecule has 3 fully saturated rings. The number of methoxy groups -OCH3 is 1. The number of hydrogen-bond acceptors (Lipinski definition) is 5. The summed E-state index contributed by atoms with van der Waals surface area (Å²) in [6, 6.07) is 4.88. The van der Waals surface area contributed by atoms with E-state index in [1.165, 1.54) is 19.2 Å². The lowest BCUT2D eigenvalue weighted by Crippen LogP contribution is -2.49. The minimum atomic E-state index is -0.853. The second kappa shape index (κ2) is 10.2. The predicted molar refractivity (Wildman–Crippen MR) is 142 cm³/mol. The van der Waals surface area contributed by atoms with Gasteiger partial charge in [0.25, 0.3) is 5.91 Å². The van der Waals surface area contributed by atoms with Gasteiger partial charge in [-0.05, 0) is 69.6 Å². The van der Waals surface area contributed by atoms with Crippen molar-refractivity contribution in [3.8, 4) is 11.8 Å². The van der Waals surface area contributed by atoms with Gasteiger partial charge in [0.2, 0.25) is 11.8 Å². The summed E-state index contributed by atoms with van der Waals surface area (Å²) in [4.78, 5) is 44.4. The van der Waals surface area contributed by atoms with Crippen molar-refractivity contribution in [3.63, 3.8) is 0 Å². The molecular formula is C29H36FN5O4. The molecule has 10 heteroatoms. The van der Waals surface area contributed by atoms with E-state index in [0.717, 1.165) is 32.1 Å². The number of nitriles is 1. The molecule has 0 bridgehead atoms. The number of ether oxygens (including phenoxy) is 1. The summed E-state index contributed by atoms with van der Waals surface area (Å²) >= 11 is 0. The molecule has 5 rings (SSSR count). The fraction of sp³-hybridized carbons (Fsp3) is 0.586. The Bertz CT molecular complexity index is 1340. The summed E-state index contributed by atoms with van der Waals surface area (Å²) < 4.78 is 19.9. The highest BCUT2D eigenvalue weighted by Crippen LogP contribution is 2.47. The number of rotatable bonds is 6. The highest BCUT2D eigenvalue weighted by molar-refractivity contribution is 6.02.